The molecule has 1 N–H and O–H groups in total. The first kappa shape index (κ1) is 12.8. The van der Waals surface area contributed by atoms with Crippen LogP contribution in [0.15, 0.2) is 12.1 Å². The molecule has 2 saturated heterocycles. The lowest BCUT2D eigenvalue weighted by molar-refractivity contribution is 0.0781. The van der Waals surface area contributed by atoms with Crippen molar-refractivity contribution >= 4 is 17.5 Å². The number of benzene rings is 1. The second-order valence-electron chi connectivity index (χ2n) is 5.13. The van der Waals surface area contributed by atoms with E-state index in [4.69, 9.17) is 11.6 Å². The Balaban J connectivity index is 1.83. The molecule has 2 fully saturated rings. The topological polar surface area (TPSA) is 32.3 Å². The predicted octanol–water partition coefficient (Wildman–Crippen LogP) is 1.91. The second-order valence-corrected chi connectivity index (χ2v) is 5.54. The van der Waals surface area contributed by atoms with Gasteiger partial charge in [-0.1, -0.05) is 11.6 Å². The van der Waals surface area contributed by atoms with E-state index in [2.05, 4.69) is 5.32 Å². The van der Waals surface area contributed by atoms with Gasteiger partial charge in [-0.15, -0.1) is 0 Å². The molecule has 2 aliphatic rings. The summed E-state index contributed by atoms with van der Waals surface area (Å²) in [6.07, 6.45) is 0. The fourth-order valence-electron chi connectivity index (χ4n) is 2.88. The lowest BCUT2D eigenvalue weighted by Gasteiger charge is -2.18. The minimum Gasteiger partial charge on any atom is -0.338 e. The summed E-state index contributed by atoms with van der Waals surface area (Å²) in [6.45, 7) is 3.09. The van der Waals surface area contributed by atoms with E-state index in [-0.39, 0.29) is 16.5 Å². The maximum absolute atomic E-state index is 13.2. The molecule has 19 heavy (non-hydrogen) atoms. The molecule has 0 bridgehead atoms. The number of nitrogens with zero attached hydrogens (tertiary/aromatic N) is 1. The monoisotopic (exact) mass is 286 g/mol. The second kappa shape index (κ2) is 4.72. The fraction of sp³-hybridized carbons (Fsp3) is 0.462. The van der Waals surface area contributed by atoms with Crippen LogP contribution in [0.25, 0.3) is 0 Å². The smallest absolute Gasteiger partial charge is 0.255 e. The lowest BCUT2D eigenvalue weighted by atomic mass is 10.0. The highest BCUT2D eigenvalue weighted by atomic mass is 35.5. The Morgan fingerprint density at radius 2 is 1.79 bits per heavy atom. The van der Waals surface area contributed by atoms with Gasteiger partial charge in [0.1, 0.15) is 0 Å². The summed E-state index contributed by atoms with van der Waals surface area (Å²) in [6, 6.07) is 1.73. The van der Waals surface area contributed by atoms with Crippen LogP contribution in [0.3, 0.4) is 0 Å². The Kier molecular flexibility index (Phi) is 3.19. The molecule has 2 atom stereocenters. The van der Waals surface area contributed by atoms with E-state index >= 15 is 0 Å². The van der Waals surface area contributed by atoms with E-state index in [1.807, 2.05) is 0 Å². The number of nitrogens with one attached hydrogen (secondary N) is 1. The number of rotatable bonds is 1. The molecule has 0 aromatic heterocycles. The van der Waals surface area contributed by atoms with Gasteiger partial charge >= 0.3 is 0 Å². The quantitative estimate of drug-likeness (QED) is 0.800. The van der Waals surface area contributed by atoms with Gasteiger partial charge in [-0.2, -0.15) is 0 Å². The molecule has 102 valence electrons. The van der Waals surface area contributed by atoms with Crippen molar-refractivity contribution in [1.82, 2.24) is 10.2 Å². The largest absolute Gasteiger partial charge is 0.338 e. The van der Waals surface area contributed by atoms with Crippen LogP contribution in [-0.2, 0) is 0 Å². The van der Waals surface area contributed by atoms with Crippen LogP contribution in [0.5, 0.6) is 0 Å². The minimum atomic E-state index is -1.05. The van der Waals surface area contributed by atoms with Crippen LogP contribution >= 0.6 is 11.6 Å². The Labute approximate surface area is 114 Å². The van der Waals surface area contributed by atoms with Crippen molar-refractivity contribution in [2.75, 3.05) is 26.2 Å². The zero-order valence-corrected chi connectivity index (χ0v) is 10.9. The summed E-state index contributed by atoms with van der Waals surface area (Å²) >= 11 is 5.83. The third-order valence-electron chi connectivity index (χ3n) is 3.92. The van der Waals surface area contributed by atoms with Crippen molar-refractivity contribution in [2.45, 2.75) is 0 Å². The van der Waals surface area contributed by atoms with Gasteiger partial charge in [0.15, 0.2) is 11.6 Å². The van der Waals surface area contributed by atoms with Crippen LogP contribution < -0.4 is 5.32 Å². The van der Waals surface area contributed by atoms with E-state index in [1.165, 1.54) is 0 Å². The third-order valence-corrected chi connectivity index (χ3v) is 4.23. The maximum atomic E-state index is 13.2. The number of amides is 1. The molecule has 6 heteroatoms. The predicted molar refractivity (Wildman–Crippen MR) is 67.1 cm³/mol. The zero-order chi connectivity index (χ0) is 13.6. The Bertz CT molecular complexity index is 526. The molecule has 2 heterocycles. The van der Waals surface area contributed by atoms with E-state index in [0.717, 1.165) is 25.2 Å². The zero-order valence-electron chi connectivity index (χ0n) is 10.1. The molecule has 2 aliphatic heterocycles. The Morgan fingerprint density at radius 1 is 1.21 bits per heavy atom. The molecule has 3 rings (SSSR count). The molecule has 0 radical (unpaired) electrons. The summed E-state index contributed by atoms with van der Waals surface area (Å²) in [5.41, 5.74) is 0.0356. The van der Waals surface area contributed by atoms with Gasteiger partial charge < -0.3 is 10.2 Å². The molecule has 0 saturated carbocycles. The van der Waals surface area contributed by atoms with Gasteiger partial charge in [0, 0.05) is 26.2 Å². The van der Waals surface area contributed by atoms with Gasteiger partial charge in [0.25, 0.3) is 5.91 Å². The molecule has 1 amide bonds. The van der Waals surface area contributed by atoms with Crippen LogP contribution in [0.1, 0.15) is 10.4 Å². The Morgan fingerprint density at radius 3 is 2.42 bits per heavy atom. The van der Waals surface area contributed by atoms with E-state index in [9.17, 15) is 13.6 Å². The first-order valence-corrected chi connectivity index (χ1v) is 6.58. The van der Waals surface area contributed by atoms with Crippen LogP contribution in [0.2, 0.25) is 5.02 Å². The average molecular weight is 287 g/mol. The molecule has 0 aliphatic carbocycles. The van der Waals surface area contributed by atoms with Crippen LogP contribution in [0.4, 0.5) is 8.78 Å². The first-order chi connectivity index (χ1) is 9.06. The van der Waals surface area contributed by atoms with E-state index < -0.39 is 11.6 Å². The fourth-order valence-corrected chi connectivity index (χ4v) is 3.11. The van der Waals surface area contributed by atoms with Crippen LogP contribution in [0, 0.1) is 23.5 Å². The summed E-state index contributed by atoms with van der Waals surface area (Å²) in [4.78, 5) is 14.0. The highest BCUT2D eigenvalue weighted by Crippen LogP contribution is 2.29. The van der Waals surface area contributed by atoms with Crippen LogP contribution in [-0.4, -0.2) is 37.0 Å². The number of halogens is 3. The van der Waals surface area contributed by atoms with Crippen molar-refractivity contribution in [3.05, 3.63) is 34.4 Å². The van der Waals surface area contributed by atoms with Gasteiger partial charge in [0.05, 0.1) is 10.6 Å². The highest BCUT2D eigenvalue weighted by molar-refractivity contribution is 6.33. The number of fused-ring (bicyclic) bond motifs is 1. The van der Waals surface area contributed by atoms with Gasteiger partial charge in [-0.05, 0) is 24.0 Å². The van der Waals surface area contributed by atoms with Crippen molar-refractivity contribution in [2.24, 2.45) is 11.8 Å². The Hall–Kier alpha value is -1.20. The maximum Gasteiger partial charge on any atom is 0.255 e. The molecule has 1 aromatic rings. The lowest BCUT2D eigenvalue weighted by Crippen LogP contribution is -2.32. The standard InChI is InChI=1S/C13H13ClF2N2O/c14-10-2-12(16)11(15)1-9(10)13(19)18-5-7-3-17-4-8(7)6-18/h1-2,7-8,17H,3-6H2/t7-,8+. The highest BCUT2D eigenvalue weighted by Gasteiger charge is 2.38. The summed E-state index contributed by atoms with van der Waals surface area (Å²) in [5, 5.41) is 3.24. The van der Waals surface area contributed by atoms with Crippen molar-refractivity contribution in [3.8, 4) is 0 Å². The summed E-state index contributed by atoms with van der Waals surface area (Å²) < 4.78 is 26.2. The number of likely N-dealkylation sites (tertiary alicyclic amines) is 1. The normalized spacial score (nSPS) is 25.7. The summed E-state index contributed by atoms with van der Waals surface area (Å²) in [7, 11) is 0. The van der Waals surface area contributed by atoms with Crippen molar-refractivity contribution < 1.29 is 13.6 Å². The van der Waals surface area contributed by atoms with Gasteiger partial charge in [-0.3, -0.25) is 4.79 Å². The van der Waals surface area contributed by atoms with E-state index in [1.54, 1.807) is 4.90 Å². The molecule has 1 aromatic carbocycles. The molecule has 0 spiro atoms. The number of hydrogen-bond donors (Lipinski definition) is 1. The number of carbonyl (C=O) groups excluding carboxylic acids is 1. The number of hydrogen-bond acceptors (Lipinski definition) is 2. The molecular weight excluding hydrogens is 274 g/mol. The van der Waals surface area contributed by atoms with Crippen molar-refractivity contribution in [3.63, 3.8) is 0 Å². The average Bonchev–Trinajstić information content (AvgIpc) is 2.93. The van der Waals surface area contributed by atoms with Gasteiger partial charge in [-0.25, -0.2) is 8.78 Å². The van der Waals surface area contributed by atoms with E-state index in [0.29, 0.717) is 24.9 Å². The van der Waals surface area contributed by atoms with Crippen molar-refractivity contribution in [1.29, 1.82) is 0 Å². The summed E-state index contributed by atoms with van der Waals surface area (Å²) in [5.74, 6) is -1.50. The molecular formula is C13H13ClF2N2O. The SMILES string of the molecule is O=C(c1cc(F)c(F)cc1Cl)N1C[C@H]2CNC[C@H]2C1. The first-order valence-electron chi connectivity index (χ1n) is 6.21. The number of carbonyl (C=O) groups is 1. The van der Waals surface area contributed by atoms with Gasteiger partial charge in [0.2, 0.25) is 0 Å². The molecule has 0 unspecified atom stereocenters. The third kappa shape index (κ3) is 2.21. The minimum absolute atomic E-state index is 0.0356. The molecule has 3 nitrogen and oxygen atoms in total.